The average Bonchev–Trinajstić information content (AvgIpc) is 2.20. The van der Waals surface area contributed by atoms with Crippen LogP contribution >= 0.6 is 23.2 Å². The van der Waals surface area contributed by atoms with E-state index in [0.717, 1.165) is 5.56 Å². The lowest BCUT2D eigenvalue weighted by Gasteiger charge is -2.00. The first-order valence-corrected chi connectivity index (χ1v) is 5.01. The van der Waals surface area contributed by atoms with Gasteiger partial charge in [-0.2, -0.15) is 0 Å². The zero-order valence-electron chi connectivity index (χ0n) is 7.88. The maximum absolute atomic E-state index is 6.02. The Hall–Kier alpha value is -1.30. The summed E-state index contributed by atoms with van der Waals surface area (Å²) in [5, 5.41) is 0.939. The fraction of sp³-hybridized carbons (Fsp3) is 0.0909. The molecule has 1 aromatic heterocycles. The van der Waals surface area contributed by atoms with Crippen molar-refractivity contribution >= 4 is 34.2 Å². The van der Waals surface area contributed by atoms with E-state index in [1.54, 1.807) is 19.1 Å². The molecule has 15 heavy (non-hydrogen) atoms. The van der Waals surface area contributed by atoms with E-state index in [1.165, 1.54) is 6.20 Å². The lowest BCUT2D eigenvalue weighted by Crippen LogP contribution is -1.86. The van der Waals surface area contributed by atoms with E-state index in [2.05, 4.69) is 21.8 Å². The lowest BCUT2D eigenvalue weighted by molar-refractivity contribution is 1.29. The van der Waals surface area contributed by atoms with E-state index in [0.29, 0.717) is 21.2 Å². The van der Waals surface area contributed by atoms with E-state index in [1.807, 2.05) is 0 Å². The van der Waals surface area contributed by atoms with Crippen LogP contribution in [0.2, 0.25) is 10.2 Å². The van der Waals surface area contributed by atoms with Crippen molar-refractivity contribution in [3.8, 4) is 11.8 Å². The molecule has 0 spiro atoms. The fourth-order valence-corrected chi connectivity index (χ4v) is 1.59. The van der Waals surface area contributed by atoms with E-state index in [4.69, 9.17) is 23.2 Å². The first kappa shape index (κ1) is 10.2. The van der Waals surface area contributed by atoms with Crippen molar-refractivity contribution < 1.29 is 0 Å². The summed E-state index contributed by atoms with van der Waals surface area (Å²) in [6.07, 6.45) is 1.49. The molecular formula is C11H6Cl2N2. The highest BCUT2D eigenvalue weighted by atomic mass is 35.5. The molecule has 0 amide bonds. The zero-order chi connectivity index (χ0) is 10.8. The molecule has 0 aliphatic carbocycles. The van der Waals surface area contributed by atoms with Gasteiger partial charge in [-0.15, -0.1) is 5.92 Å². The van der Waals surface area contributed by atoms with Crippen molar-refractivity contribution in [3.05, 3.63) is 34.1 Å². The molecule has 2 rings (SSSR count). The SMILES string of the molecule is CC#Cc1cc2nc(Cl)cnc2cc1Cl. The number of hydrogen-bond donors (Lipinski definition) is 0. The average molecular weight is 237 g/mol. The molecule has 1 heterocycles. The maximum Gasteiger partial charge on any atom is 0.148 e. The van der Waals surface area contributed by atoms with Crippen molar-refractivity contribution in [2.45, 2.75) is 6.92 Å². The summed E-state index contributed by atoms with van der Waals surface area (Å²) >= 11 is 11.8. The van der Waals surface area contributed by atoms with Crippen molar-refractivity contribution in [1.82, 2.24) is 9.97 Å². The van der Waals surface area contributed by atoms with Gasteiger partial charge in [0.2, 0.25) is 0 Å². The molecule has 0 N–H and O–H groups in total. The summed E-state index contributed by atoms with van der Waals surface area (Å²) < 4.78 is 0. The van der Waals surface area contributed by atoms with Crippen LogP contribution < -0.4 is 0 Å². The molecule has 0 aliphatic rings. The van der Waals surface area contributed by atoms with Crippen LogP contribution in [-0.2, 0) is 0 Å². The van der Waals surface area contributed by atoms with Gasteiger partial charge in [-0.05, 0) is 19.1 Å². The third-order valence-corrected chi connectivity index (χ3v) is 2.36. The Morgan fingerprint density at radius 1 is 1.20 bits per heavy atom. The highest BCUT2D eigenvalue weighted by Crippen LogP contribution is 2.21. The minimum Gasteiger partial charge on any atom is -0.251 e. The van der Waals surface area contributed by atoms with Crippen LogP contribution in [0.25, 0.3) is 11.0 Å². The normalized spacial score (nSPS) is 9.80. The predicted octanol–water partition coefficient (Wildman–Crippen LogP) is 3.31. The first-order valence-electron chi connectivity index (χ1n) is 4.25. The van der Waals surface area contributed by atoms with Crippen LogP contribution in [0.15, 0.2) is 18.3 Å². The monoisotopic (exact) mass is 236 g/mol. The molecule has 0 aliphatic heterocycles. The Labute approximate surface area is 97.3 Å². The third-order valence-electron chi connectivity index (χ3n) is 1.86. The van der Waals surface area contributed by atoms with Gasteiger partial charge in [0.05, 0.1) is 22.3 Å². The number of hydrogen-bond acceptors (Lipinski definition) is 2. The minimum atomic E-state index is 0.361. The Bertz CT molecular complexity index is 582. The topological polar surface area (TPSA) is 25.8 Å². The highest BCUT2D eigenvalue weighted by Gasteiger charge is 2.03. The molecule has 0 unspecified atom stereocenters. The zero-order valence-corrected chi connectivity index (χ0v) is 9.39. The van der Waals surface area contributed by atoms with Crippen LogP contribution in [0.5, 0.6) is 0 Å². The van der Waals surface area contributed by atoms with Crippen LogP contribution in [-0.4, -0.2) is 9.97 Å². The summed E-state index contributed by atoms with van der Waals surface area (Å²) in [5.74, 6) is 5.68. The second-order valence-electron chi connectivity index (χ2n) is 2.89. The quantitative estimate of drug-likeness (QED) is 0.657. The Balaban J connectivity index is 2.75. The standard InChI is InChI=1S/C11H6Cl2N2/c1-2-3-7-4-10-9(5-8(7)12)14-6-11(13)15-10/h4-6H,1H3. The summed E-state index contributed by atoms with van der Waals surface area (Å²) in [7, 11) is 0. The number of benzene rings is 1. The lowest BCUT2D eigenvalue weighted by atomic mass is 10.2. The first-order chi connectivity index (χ1) is 7.20. The van der Waals surface area contributed by atoms with Gasteiger partial charge < -0.3 is 0 Å². The van der Waals surface area contributed by atoms with Gasteiger partial charge in [0.25, 0.3) is 0 Å². The van der Waals surface area contributed by atoms with Gasteiger partial charge in [0, 0.05) is 5.56 Å². The minimum absolute atomic E-state index is 0.361. The van der Waals surface area contributed by atoms with Crippen molar-refractivity contribution in [3.63, 3.8) is 0 Å². The van der Waals surface area contributed by atoms with E-state index >= 15 is 0 Å². The highest BCUT2D eigenvalue weighted by molar-refractivity contribution is 6.32. The molecular weight excluding hydrogens is 231 g/mol. The number of aromatic nitrogens is 2. The fourth-order valence-electron chi connectivity index (χ4n) is 1.24. The molecule has 0 fully saturated rings. The molecule has 0 bridgehead atoms. The predicted molar refractivity (Wildman–Crippen MR) is 62.1 cm³/mol. The van der Waals surface area contributed by atoms with Gasteiger partial charge in [-0.1, -0.05) is 29.1 Å². The van der Waals surface area contributed by atoms with Gasteiger partial charge in [-0.25, -0.2) is 4.98 Å². The number of halogens is 2. The second kappa shape index (κ2) is 4.06. The molecule has 0 radical (unpaired) electrons. The molecule has 0 atom stereocenters. The summed E-state index contributed by atoms with van der Waals surface area (Å²) in [5.41, 5.74) is 2.15. The molecule has 2 nitrogen and oxygen atoms in total. The van der Waals surface area contributed by atoms with E-state index in [-0.39, 0.29) is 0 Å². The van der Waals surface area contributed by atoms with Crippen molar-refractivity contribution in [2.75, 3.05) is 0 Å². The van der Waals surface area contributed by atoms with Crippen LogP contribution in [0.4, 0.5) is 0 Å². The number of rotatable bonds is 0. The van der Waals surface area contributed by atoms with Crippen LogP contribution in [0.3, 0.4) is 0 Å². The van der Waals surface area contributed by atoms with Gasteiger partial charge in [-0.3, -0.25) is 4.98 Å². The Morgan fingerprint density at radius 2 is 2.00 bits per heavy atom. The molecule has 4 heteroatoms. The van der Waals surface area contributed by atoms with Crippen LogP contribution in [0.1, 0.15) is 12.5 Å². The summed E-state index contributed by atoms with van der Waals surface area (Å²) in [4.78, 5) is 8.25. The molecule has 2 aromatic rings. The van der Waals surface area contributed by atoms with Gasteiger partial charge in [0.1, 0.15) is 5.15 Å². The largest absolute Gasteiger partial charge is 0.251 e. The third kappa shape index (κ3) is 2.04. The van der Waals surface area contributed by atoms with E-state index in [9.17, 15) is 0 Å². The number of nitrogens with zero attached hydrogens (tertiary/aromatic N) is 2. The maximum atomic E-state index is 6.02. The summed E-state index contributed by atoms with van der Waals surface area (Å²) in [6.45, 7) is 1.75. The van der Waals surface area contributed by atoms with Crippen molar-refractivity contribution in [1.29, 1.82) is 0 Å². The second-order valence-corrected chi connectivity index (χ2v) is 3.68. The molecule has 0 saturated heterocycles. The van der Waals surface area contributed by atoms with Gasteiger partial charge in [0.15, 0.2) is 0 Å². The summed E-state index contributed by atoms with van der Waals surface area (Å²) in [6, 6.07) is 3.52. The van der Waals surface area contributed by atoms with Crippen molar-refractivity contribution in [2.24, 2.45) is 0 Å². The Kier molecular flexibility index (Phi) is 2.77. The number of fused-ring (bicyclic) bond motifs is 1. The smallest absolute Gasteiger partial charge is 0.148 e. The van der Waals surface area contributed by atoms with Gasteiger partial charge >= 0.3 is 0 Å². The molecule has 0 saturated carbocycles. The molecule has 1 aromatic carbocycles. The van der Waals surface area contributed by atoms with E-state index < -0.39 is 0 Å². The van der Waals surface area contributed by atoms with Crippen LogP contribution in [0, 0.1) is 11.8 Å². The molecule has 74 valence electrons. The Morgan fingerprint density at radius 3 is 2.73 bits per heavy atom.